The van der Waals surface area contributed by atoms with Gasteiger partial charge < -0.3 is 18.6 Å². The highest BCUT2D eigenvalue weighted by atomic mass is 28.4. The van der Waals surface area contributed by atoms with E-state index in [-0.39, 0.29) is 23.4 Å². The molecule has 2 rings (SSSR count). The standard InChI is InChI=1S/C26H44O4Si/c1-9-10-24-25(30-31(7,8)26(3,4)5)16-15-23(29-24)17-20(2)18-28-19-21-11-13-22(27-6)14-12-21/h9,11-14,20,23-25H,1,10,15-19H2,2-8H3/t20-,23+,24-,25?/m1/s1. The van der Waals surface area contributed by atoms with Crippen molar-refractivity contribution in [2.75, 3.05) is 13.7 Å². The van der Waals surface area contributed by atoms with Crippen LogP contribution in [0.4, 0.5) is 0 Å². The van der Waals surface area contributed by atoms with Gasteiger partial charge in [0.25, 0.3) is 0 Å². The highest BCUT2D eigenvalue weighted by molar-refractivity contribution is 6.74. The molecule has 1 aliphatic heterocycles. The number of hydrogen-bond donors (Lipinski definition) is 0. The number of ether oxygens (including phenoxy) is 3. The van der Waals surface area contributed by atoms with E-state index in [0.717, 1.165) is 38.0 Å². The Bertz CT molecular complexity index is 665. The number of benzene rings is 1. The molecule has 1 aliphatic rings. The van der Waals surface area contributed by atoms with E-state index >= 15 is 0 Å². The van der Waals surface area contributed by atoms with Crippen molar-refractivity contribution in [2.24, 2.45) is 5.92 Å². The monoisotopic (exact) mass is 448 g/mol. The molecule has 176 valence electrons. The SMILES string of the molecule is C=CC[C@H]1O[C@H](C[C@@H](C)COCc2ccc(OC)cc2)CCC1O[Si](C)(C)C(C)(C)C. The van der Waals surface area contributed by atoms with E-state index in [1.807, 2.05) is 18.2 Å². The lowest BCUT2D eigenvalue weighted by Gasteiger charge is -2.44. The summed E-state index contributed by atoms with van der Waals surface area (Å²) in [5.41, 5.74) is 1.17. The van der Waals surface area contributed by atoms with Crippen LogP contribution in [0.5, 0.6) is 5.75 Å². The Hall–Kier alpha value is -1.14. The van der Waals surface area contributed by atoms with Gasteiger partial charge in [0, 0.05) is 6.61 Å². The second-order valence-electron chi connectivity index (χ2n) is 10.5. The smallest absolute Gasteiger partial charge is 0.192 e. The van der Waals surface area contributed by atoms with Crippen LogP contribution < -0.4 is 4.74 Å². The summed E-state index contributed by atoms with van der Waals surface area (Å²) in [6, 6.07) is 8.05. The van der Waals surface area contributed by atoms with Crippen LogP contribution in [0.2, 0.25) is 18.1 Å². The largest absolute Gasteiger partial charge is 0.497 e. The molecule has 1 aromatic rings. The lowest BCUT2D eigenvalue weighted by molar-refractivity contribution is -0.118. The predicted octanol–water partition coefficient (Wildman–Crippen LogP) is 6.75. The minimum absolute atomic E-state index is 0.109. The highest BCUT2D eigenvalue weighted by Gasteiger charge is 2.42. The second kappa shape index (κ2) is 11.6. The Morgan fingerprint density at radius 2 is 1.87 bits per heavy atom. The summed E-state index contributed by atoms with van der Waals surface area (Å²) in [5.74, 6) is 1.32. The summed E-state index contributed by atoms with van der Waals surface area (Å²) >= 11 is 0. The maximum Gasteiger partial charge on any atom is 0.192 e. The summed E-state index contributed by atoms with van der Waals surface area (Å²) in [6.07, 6.45) is 6.50. The van der Waals surface area contributed by atoms with Gasteiger partial charge in [-0.25, -0.2) is 0 Å². The summed E-state index contributed by atoms with van der Waals surface area (Å²) < 4.78 is 24.4. The van der Waals surface area contributed by atoms with Crippen LogP contribution in [0.3, 0.4) is 0 Å². The van der Waals surface area contributed by atoms with Crippen LogP contribution in [-0.4, -0.2) is 40.3 Å². The van der Waals surface area contributed by atoms with Gasteiger partial charge in [-0.3, -0.25) is 0 Å². The van der Waals surface area contributed by atoms with Gasteiger partial charge in [-0.1, -0.05) is 45.9 Å². The maximum absolute atomic E-state index is 6.72. The molecule has 0 aliphatic carbocycles. The lowest BCUT2D eigenvalue weighted by Crippen LogP contribution is -2.50. The number of methoxy groups -OCH3 is 1. The molecule has 1 fully saturated rings. The van der Waals surface area contributed by atoms with Gasteiger partial charge in [0.05, 0.1) is 32.0 Å². The third kappa shape index (κ3) is 8.05. The first-order chi connectivity index (χ1) is 14.6. The molecular formula is C26H44O4Si. The van der Waals surface area contributed by atoms with E-state index in [2.05, 4.69) is 59.5 Å². The van der Waals surface area contributed by atoms with Crippen LogP contribution >= 0.6 is 0 Å². The molecule has 4 nitrogen and oxygen atoms in total. The Morgan fingerprint density at radius 1 is 1.19 bits per heavy atom. The lowest BCUT2D eigenvalue weighted by atomic mass is 9.94. The van der Waals surface area contributed by atoms with Gasteiger partial charge >= 0.3 is 0 Å². The summed E-state index contributed by atoms with van der Waals surface area (Å²) in [7, 11) is -0.133. The van der Waals surface area contributed by atoms with Crippen LogP contribution in [0.1, 0.15) is 58.9 Å². The second-order valence-corrected chi connectivity index (χ2v) is 15.3. The van der Waals surface area contributed by atoms with Crippen molar-refractivity contribution in [3.05, 3.63) is 42.5 Å². The van der Waals surface area contributed by atoms with Gasteiger partial charge in [0.2, 0.25) is 0 Å². The molecular weight excluding hydrogens is 404 g/mol. The fourth-order valence-corrected chi connectivity index (χ4v) is 5.17. The Balaban J connectivity index is 1.81. The molecule has 4 atom stereocenters. The molecule has 0 radical (unpaired) electrons. The highest BCUT2D eigenvalue weighted by Crippen LogP contribution is 2.40. The van der Waals surface area contributed by atoms with Gasteiger partial charge in [-0.05, 0) is 67.4 Å². The molecule has 0 aromatic heterocycles. The Kier molecular flexibility index (Phi) is 9.81. The summed E-state index contributed by atoms with van der Waals surface area (Å²) in [6.45, 7) is 19.1. The average Bonchev–Trinajstić information content (AvgIpc) is 2.69. The van der Waals surface area contributed by atoms with E-state index in [1.165, 1.54) is 5.56 Å². The molecule has 1 aromatic carbocycles. The topological polar surface area (TPSA) is 36.9 Å². The Labute approximate surface area is 191 Å². The van der Waals surface area contributed by atoms with E-state index in [0.29, 0.717) is 12.5 Å². The molecule has 1 unspecified atom stereocenters. The normalized spacial score (nSPS) is 23.4. The zero-order valence-corrected chi connectivity index (χ0v) is 21.8. The van der Waals surface area contributed by atoms with Gasteiger partial charge in [-0.15, -0.1) is 6.58 Å². The first kappa shape index (κ1) is 26.1. The van der Waals surface area contributed by atoms with Gasteiger partial charge in [0.1, 0.15) is 5.75 Å². The van der Waals surface area contributed by atoms with Crippen molar-refractivity contribution < 1.29 is 18.6 Å². The molecule has 1 saturated heterocycles. The minimum Gasteiger partial charge on any atom is -0.497 e. The van der Waals surface area contributed by atoms with Crippen molar-refractivity contribution in [3.8, 4) is 5.75 Å². The summed E-state index contributed by atoms with van der Waals surface area (Å²) in [4.78, 5) is 0. The van der Waals surface area contributed by atoms with Crippen LogP contribution in [0.25, 0.3) is 0 Å². The van der Waals surface area contributed by atoms with Crippen molar-refractivity contribution in [1.29, 1.82) is 0 Å². The van der Waals surface area contributed by atoms with E-state index in [9.17, 15) is 0 Å². The molecule has 31 heavy (non-hydrogen) atoms. The van der Waals surface area contributed by atoms with Crippen molar-refractivity contribution in [1.82, 2.24) is 0 Å². The third-order valence-electron chi connectivity index (χ3n) is 6.70. The van der Waals surface area contributed by atoms with Crippen LogP contribution in [-0.2, 0) is 20.5 Å². The fourth-order valence-electron chi connectivity index (χ4n) is 3.79. The molecule has 0 N–H and O–H groups in total. The van der Waals surface area contributed by atoms with Crippen molar-refractivity contribution >= 4 is 8.32 Å². The first-order valence-corrected chi connectivity index (χ1v) is 14.6. The van der Waals surface area contributed by atoms with Gasteiger partial charge in [-0.2, -0.15) is 0 Å². The molecule has 0 saturated carbocycles. The fraction of sp³-hybridized carbons (Fsp3) is 0.692. The molecule has 0 spiro atoms. The van der Waals surface area contributed by atoms with E-state index in [4.69, 9.17) is 18.6 Å². The number of rotatable bonds is 11. The average molecular weight is 449 g/mol. The number of hydrogen-bond acceptors (Lipinski definition) is 4. The molecule has 5 heteroatoms. The molecule has 1 heterocycles. The summed E-state index contributed by atoms with van der Waals surface area (Å²) in [5, 5.41) is 0.207. The van der Waals surface area contributed by atoms with Gasteiger partial charge in [0.15, 0.2) is 8.32 Å². The van der Waals surface area contributed by atoms with Crippen molar-refractivity contribution in [2.45, 2.75) is 96.4 Å². The van der Waals surface area contributed by atoms with Crippen LogP contribution in [0.15, 0.2) is 36.9 Å². The quantitative estimate of drug-likeness (QED) is 0.277. The molecule has 0 bridgehead atoms. The minimum atomic E-state index is -1.82. The third-order valence-corrected chi connectivity index (χ3v) is 11.2. The zero-order valence-electron chi connectivity index (χ0n) is 20.8. The van der Waals surface area contributed by atoms with Crippen LogP contribution in [0, 0.1) is 5.92 Å². The van der Waals surface area contributed by atoms with E-state index in [1.54, 1.807) is 7.11 Å². The molecule has 0 amide bonds. The Morgan fingerprint density at radius 3 is 2.45 bits per heavy atom. The maximum atomic E-state index is 6.72. The first-order valence-electron chi connectivity index (χ1n) is 11.7. The van der Waals surface area contributed by atoms with E-state index < -0.39 is 8.32 Å². The predicted molar refractivity (Wildman–Crippen MR) is 131 cm³/mol. The van der Waals surface area contributed by atoms with Crippen molar-refractivity contribution in [3.63, 3.8) is 0 Å². The zero-order chi connectivity index (χ0) is 23.1.